The summed E-state index contributed by atoms with van der Waals surface area (Å²) < 4.78 is 21.1. The topological polar surface area (TPSA) is 108 Å². The Labute approximate surface area is 258 Å². The first-order valence-electron chi connectivity index (χ1n) is 15.9. The Morgan fingerprint density at radius 3 is 2.52 bits per heavy atom. The molecular formula is C34H44FN5O4. The minimum absolute atomic E-state index is 0.0133. The quantitative estimate of drug-likeness (QED) is 0.474. The zero-order valence-corrected chi connectivity index (χ0v) is 25.9. The number of halogens is 1. The molecule has 0 spiro atoms. The number of piperidine rings is 1. The molecule has 2 bridgehead atoms. The molecule has 3 saturated heterocycles. The predicted molar refractivity (Wildman–Crippen MR) is 165 cm³/mol. The van der Waals surface area contributed by atoms with E-state index in [0.29, 0.717) is 17.5 Å². The highest BCUT2D eigenvalue weighted by molar-refractivity contribution is 5.91. The van der Waals surface area contributed by atoms with E-state index in [2.05, 4.69) is 39.4 Å². The van der Waals surface area contributed by atoms with Crippen molar-refractivity contribution in [2.75, 3.05) is 24.5 Å². The molecule has 10 heteroatoms. The van der Waals surface area contributed by atoms with Gasteiger partial charge in [-0.15, -0.1) is 0 Å². The van der Waals surface area contributed by atoms with E-state index < -0.39 is 41.4 Å². The Balaban J connectivity index is 1.10. The molecule has 9 nitrogen and oxygen atoms in total. The van der Waals surface area contributed by atoms with E-state index in [0.717, 1.165) is 57.5 Å². The van der Waals surface area contributed by atoms with Crippen LogP contribution in [0.4, 0.5) is 14.9 Å². The molecule has 3 heterocycles. The van der Waals surface area contributed by atoms with Gasteiger partial charge in [-0.3, -0.25) is 19.4 Å². The fraction of sp³-hybridized carbons (Fsp3) is 0.559. The smallest absolute Gasteiger partial charge is 0.411 e. The van der Waals surface area contributed by atoms with E-state index in [9.17, 15) is 14.4 Å². The summed E-state index contributed by atoms with van der Waals surface area (Å²) in [6, 6.07) is 14.1. The number of hydrogen-bond acceptors (Lipinski definition) is 6. The van der Waals surface area contributed by atoms with Crippen LogP contribution >= 0.6 is 0 Å². The average molecular weight is 606 g/mol. The van der Waals surface area contributed by atoms with E-state index in [-0.39, 0.29) is 18.4 Å². The lowest BCUT2D eigenvalue weighted by Gasteiger charge is -2.36. The normalized spacial score (nSPS) is 27.0. The maximum Gasteiger partial charge on any atom is 0.411 e. The SMILES string of the molecule is CC(C)(C)OC(=O)N1[C@@H]2CC[C@@H](C2)[C@H]1C(=O)N[C@@H](Cc1ccc(N2CC3CCN(Cc4ccccc4)C3C2)cc1F)C(N)=O. The Morgan fingerprint density at radius 2 is 1.82 bits per heavy atom. The van der Waals surface area contributed by atoms with Crippen molar-refractivity contribution in [1.82, 2.24) is 15.1 Å². The van der Waals surface area contributed by atoms with Crippen LogP contribution in [0, 0.1) is 17.7 Å². The molecule has 2 unspecified atom stereocenters. The number of nitrogens with zero attached hydrogens (tertiary/aromatic N) is 3. The van der Waals surface area contributed by atoms with Gasteiger partial charge in [0.15, 0.2) is 0 Å². The molecule has 0 aromatic heterocycles. The van der Waals surface area contributed by atoms with Gasteiger partial charge in [0.2, 0.25) is 11.8 Å². The number of nitrogens with one attached hydrogen (secondary N) is 1. The minimum atomic E-state index is -1.11. The second-order valence-corrected chi connectivity index (χ2v) is 14.0. The van der Waals surface area contributed by atoms with Crippen LogP contribution in [-0.4, -0.2) is 77.1 Å². The molecule has 1 saturated carbocycles. The van der Waals surface area contributed by atoms with Crippen molar-refractivity contribution in [3.8, 4) is 0 Å². The van der Waals surface area contributed by atoms with Crippen LogP contribution in [-0.2, 0) is 27.3 Å². The van der Waals surface area contributed by atoms with Crippen LogP contribution in [0.5, 0.6) is 0 Å². The van der Waals surface area contributed by atoms with Gasteiger partial charge >= 0.3 is 6.09 Å². The third kappa shape index (κ3) is 6.27. The summed E-state index contributed by atoms with van der Waals surface area (Å²) >= 11 is 0. The summed E-state index contributed by atoms with van der Waals surface area (Å²) in [5, 5.41) is 2.74. The molecule has 44 heavy (non-hydrogen) atoms. The Morgan fingerprint density at radius 1 is 1.05 bits per heavy atom. The van der Waals surface area contributed by atoms with Crippen LogP contribution in [0.2, 0.25) is 0 Å². The minimum Gasteiger partial charge on any atom is -0.444 e. The number of fused-ring (bicyclic) bond motifs is 3. The van der Waals surface area contributed by atoms with Gasteiger partial charge in [-0.05, 0) is 88.1 Å². The van der Waals surface area contributed by atoms with Crippen molar-refractivity contribution < 1.29 is 23.5 Å². The fourth-order valence-corrected chi connectivity index (χ4v) is 7.78. The average Bonchev–Trinajstić information content (AvgIpc) is 3.75. The number of likely N-dealkylation sites (tertiary alicyclic amines) is 2. The third-order valence-electron chi connectivity index (χ3n) is 9.83. The van der Waals surface area contributed by atoms with Gasteiger partial charge in [0, 0.05) is 43.8 Å². The summed E-state index contributed by atoms with van der Waals surface area (Å²) in [6.07, 6.45) is 2.88. The monoisotopic (exact) mass is 605 g/mol. The summed E-state index contributed by atoms with van der Waals surface area (Å²) in [7, 11) is 0. The number of hydrogen-bond donors (Lipinski definition) is 2. The van der Waals surface area contributed by atoms with Crippen LogP contribution in [0.15, 0.2) is 48.5 Å². The molecule has 236 valence electrons. The fourth-order valence-electron chi connectivity index (χ4n) is 7.78. The highest BCUT2D eigenvalue weighted by Gasteiger charge is 2.53. The lowest BCUT2D eigenvalue weighted by atomic mass is 9.97. The second-order valence-electron chi connectivity index (χ2n) is 14.0. The van der Waals surface area contributed by atoms with E-state index in [4.69, 9.17) is 10.5 Å². The highest BCUT2D eigenvalue weighted by atomic mass is 19.1. The van der Waals surface area contributed by atoms with Crippen molar-refractivity contribution in [3.05, 3.63) is 65.5 Å². The van der Waals surface area contributed by atoms with Gasteiger partial charge in [-0.1, -0.05) is 36.4 Å². The maximum atomic E-state index is 15.5. The molecule has 1 aliphatic carbocycles. The third-order valence-corrected chi connectivity index (χ3v) is 9.83. The van der Waals surface area contributed by atoms with Gasteiger partial charge < -0.3 is 20.7 Å². The van der Waals surface area contributed by atoms with Crippen molar-refractivity contribution >= 4 is 23.6 Å². The maximum absolute atomic E-state index is 15.5. The Bertz CT molecular complexity index is 1400. The Hall–Kier alpha value is -3.66. The summed E-state index contributed by atoms with van der Waals surface area (Å²) in [4.78, 5) is 45.2. The first-order chi connectivity index (χ1) is 21.0. The number of ether oxygens (including phenoxy) is 1. The molecule has 0 radical (unpaired) electrons. The summed E-state index contributed by atoms with van der Waals surface area (Å²) in [5.74, 6) is -1.11. The number of anilines is 1. The van der Waals surface area contributed by atoms with Crippen LogP contribution in [0.1, 0.15) is 57.6 Å². The van der Waals surface area contributed by atoms with Crippen molar-refractivity contribution in [1.29, 1.82) is 0 Å². The van der Waals surface area contributed by atoms with Crippen LogP contribution in [0.3, 0.4) is 0 Å². The molecule has 3 N–H and O–H groups in total. The number of nitrogens with two attached hydrogens (primary N) is 1. The molecular weight excluding hydrogens is 561 g/mol. The largest absolute Gasteiger partial charge is 0.444 e. The standard InChI is InChI=1S/C34H44FN5O4/c1-34(2,3)44-33(43)40-26-12-10-23(15-26)30(40)32(42)37-28(31(36)41)16-22-9-11-25(17-27(22)35)39-19-24-13-14-38(29(24)20-39)18-21-7-5-4-6-8-21/h4-9,11,17,23-24,26,28-30H,10,12-16,18-20H2,1-3H3,(H2,36,41)(H,37,42)/t23-,24?,26+,28-,29?,30-/m0/s1. The molecule has 2 aromatic carbocycles. The molecule has 4 fully saturated rings. The molecule has 3 aliphatic heterocycles. The molecule has 2 aromatic rings. The van der Waals surface area contributed by atoms with Crippen molar-refractivity contribution in [2.24, 2.45) is 17.6 Å². The zero-order chi connectivity index (χ0) is 31.2. The number of benzene rings is 2. The lowest BCUT2D eigenvalue weighted by molar-refractivity contribution is -0.132. The summed E-state index contributed by atoms with van der Waals surface area (Å²) in [6.45, 7) is 9.07. The molecule has 6 rings (SSSR count). The van der Waals surface area contributed by atoms with E-state index >= 15 is 4.39 Å². The number of amides is 3. The van der Waals surface area contributed by atoms with Gasteiger partial charge in [-0.25, -0.2) is 9.18 Å². The first kappa shape index (κ1) is 30.4. The predicted octanol–water partition coefficient (Wildman–Crippen LogP) is 3.84. The number of carbonyl (C=O) groups is 3. The van der Waals surface area contributed by atoms with Gasteiger partial charge in [0.25, 0.3) is 0 Å². The zero-order valence-electron chi connectivity index (χ0n) is 25.9. The molecule has 3 amide bonds. The number of carbonyl (C=O) groups excluding carboxylic acids is 3. The Kier molecular flexibility index (Phi) is 8.30. The second kappa shape index (κ2) is 12.0. The van der Waals surface area contributed by atoms with E-state index in [1.165, 1.54) is 16.5 Å². The lowest BCUT2D eigenvalue weighted by Crippen LogP contribution is -2.57. The molecule has 4 aliphatic rings. The van der Waals surface area contributed by atoms with Crippen molar-refractivity contribution in [3.63, 3.8) is 0 Å². The van der Waals surface area contributed by atoms with E-state index in [1.54, 1.807) is 26.8 Å². The molecule has 6 atom stereocenters. The van der Waals surface area contributed by atoms with E-state index in [1.807, 2.05) is 12.1 Å². The van der Waals surface area contributed by atoms with Gasteiger partial charge in [-0.2, -0.15) is 0 Å². The number of rotatable bonds is 8. The number of primary amides is 1. The van der Waals surface area contributed by atoms with Gasteiger partial charge in [0.05, 0.1) is 0 Å². The summed E-state index contributed by atoms with van der Waals surface area (Å²) in [5.41, 5.74) is 7.41. The van der Waals surface area contributed by atoms with Gasteiger partial charge in [0.1, 0.15) is 23.5 Å². The first-order valence-corrected chi connectivity index (χ1v) is 15.9. The van der Waals surface area contributed by atoms with Crippen LogP contribution < -0.4 is 16.0 Å². The van der Waals surface area contributed by atoms with Crippen molar-refractivity contribution in [2.45, 2.75) is 89.2 Å². The highest BCUT2D eigenvalue weighted by Crippen LogP contribution is 2.43. The van der Waals surface area contributed by atoms with Crippen LogP contribution in [0.25, 0.3) is 0 Å².